The van der Waals surface area contributed by atoms with Crippen LogP contribution in [-0.4, -0.2) is 5.78 Å². The van der Waals surface area contributed by atoms with Crippen LogP contribution in [0.1, 0.15) is 23.0 Å². The van der Waals surface area contributed by atoms with E-state index in [-0.39, 0.29) is 11.6 Å². The van der Waals surface area contributed by atoms with E-state index in [9.17, 15) is 9.18 Å². The highest BCUT2D eigenvalue weighted by atomic mass is 35.5. The van der Waals surface area contributed by atoms with Crippen LogP contribution in [0.15, 0.2) is 30.3 Å². The van der Waals surface area contributed by atoms with Crippen molar-refractivity contribution in [2.45, 2.75) is 13.3 Å². The molecule has 0 unspecified atom stereocenters. The molecule has 0 spiro atoms. The number of hydrogen-bond donors (Lipinski definition) is 0. The van der Waals surface area contributed by atoms with E-state index in [4.69, 9.17) is 11.6 Å². The Morgan fingerprint density at radius 1 is 1.35 bits per heavy atom. The third-order valence-electron chi connectivity index (χ3n) is 2.40. The summed E-state index contributed by atoms with van der Waals surface area (Å²) in [6.45, 7) is 1.81. The summed E-state index contributed by atoms with van der Waals surface area (Å²) < 4.78 is 13.6. The number of carbonyl (C=O) groups excluding carboxylic acids is 1. The Kier molecular flexibility index (Phi) is 3.60. The van der Waals surface area contributed by atoms with Crippen LogP contribution in [0.5, 0.6) is 0 Å². The van der Waals surface area contributed by atoms with E-state index < -0.39 is 0 Å². The Bertz CT molecular complexity index is 562. The number of thiophene rings is 1. The van der Waals surface area contributed by atoms with Gasteiger partial charge in [0.05, 0.1) is 4.88 Å². The summed E-state index contributed by atoms with van der Waals surface area (Å²) in [7, 11) is 0. The van der Waals surface area contributed by atoms with Gasteiger partial charge >= 0.3 is 0 Å². The van der Waals surface area contributed by atoms with Crippen molar-refractivity contribution < 1.29 is 9.18 Å². The second kappa shape index (κ2) is 4.98. The zero-order chi connectivity index (χ0) is 12.4. The predicted molar refractivity (Wildman–Crippen MR) is 69.3 cm³/mol. The van der Waals surface area contributed by atoms with Gasteiger partial charge < -0.3 is 0 Å². The van der Waals surface area contributed by atoms with Crippen LogP contribution >= 0.6 is 22.9 Å². The molecule has 0 saturated heterocycles. The van der Waals surface area contributed by atoms with Crippen LogP contribution in [0.2, 0.25) is 5.02 Å². The van der Waals surface area contributed by atoms with Gasteiger partial charge in [-0.25, -0.2) is 4.39 Å². The Morgan fingerprint density at radius 2 is 2.12 bits per heavy atom. The lowest BCUT2D eigenvalue weighted by molar-refractivity contribution is 0.0992. The first kappa shape index (κ1) is 12.3. The Labute approximate surface area is 108 Å². The topological polar surface area (TPSA) is 17.1 Å². The molecule has 0 N–H and O–H groups in total. The minimum Gasteiger partial charge on any atom is -0.293 e. The lowest BCUT2D eigenvalue weighted by Crippen LogP contribution is -1.90. The van der Waals surface area contributed by atoms with Crippen molar-refractivity contribution in [1.82, 2.24) is 0 Å². The molecule has 0 aliphatic carbocycles. The maximum atomic E-state index is 13.6. The van der Waals surface area contributed by atoms with Gasteiger partial charge in [-0.05, 0) is 30.3 Å². The SMILES string of the molecule is CCC(=O)c1ccc(-c2cc(Cl)ccc2F)s1. The summed E-state index contributed by atoms with van der Waals surface area (Å²) >= 11 is 7.13. The Balaban J connectivity index is 2.43. The molecule has 1 heterocycles. The van der Waals surface area contributed by atoms with E-state index in [1.165, 1.54) is 23.5 Å². The van der Waals surface area contributed by atoms with Crippen molar-refractivity contribution in [2.75, 3.05) is 0 Å². The highest BCUT2D eigenvalue weighted by molar-refractivity contribution is 7.17. The van der Waals surface area contributed by atoms with Gasteiger partial charge in [0.2, 0.25) is 0 Å². The molecular formula is C13H10ClFOS. The summed E-state index contributed by atoms with van der Waals surface area (Å²) in [6.07, 6.45) is 0.456. The van der Waals surface area contributed by atoms with Crippen molar-refractivity contribution in [3.63, 3.8) is 0 Å². The van der Waals surface area contributed by atoms with E-state index in [0.717, 1.165) is 4.88 Å². The molecule has 1 aromatic heterocycles. The molecule has 0 fully saturated rings. The zero-order valence-electron chi connectivity index (χ0n) is 9.17. The first-order chi connectivity index (χ1) is 8.11. The van der Waals surface area contributed by atoms with E-state index >= 15 is 0 Å². The molecule has 0 radical (unpaired) electrons. The van der Waals surface area contributed by atoms with Crippen LogP contribution in [0, 0.1) is 5.82 Å². The highest BCUT2D eigenvalue weighted by Crippen LogP contribution is 2.32. The van der Waals surface area contributed by atoms with Gasteiger partial charge in [0.15, 0.2) is 5.78 Å². The normalized spacial score (nSPS) is 10.5. The Morgan fingerprint density at radius 3 is 2.82 bits per heavy atom. The molecule has 0 aliphatic rings. The number of carbonyl (C=O) groups is 1. The standard InChI is InChI=1S/C13H10ClFOS/c1-2-11(16)13-6-5-12(17-13)9-7-8(14)3-4-10(9)15/h3-7H,2H2,1H3. The van der Waals surface area contributed by atoms with Gasteiger partial charge in [-0.2, -0.15) is 0 Å². The first-order valence-corrected chi connectivity index (χ1v) is 6.39. The molecule has 0 amide bonds. The van der Waals surface area contributed by atoms with Gasteiger partial charge in [-0.15, -0.1) is 11.3 Å². The number of ketones is 1. The minimum absolute atomic E-state index is 0.0729. The molecular weight excluding hydrogens is 259 g/mol. The molecule has 2 aromatic rings. The zero-order valence-corrected chi connectivity index (χ0v) is 10.7. The summed E-state index contributed by atoms with van der Waals surface area (Å²) in [5, 5.41) is 0.484. The van der Waals surface area contributed by atoms with Gasteiger partial charge in [0.25, 0.3) is 0 Å². The smallest absolute Gasteiger partial charge is 0.172 e. The first-order valence-electron chi connectivity index (χ1n) is 5.20. The minimum atomic E-state index is -0.327. The monoisotopic (exact) mass is 268 g/mol. The van der Waals surface area contributed by atoms with Crippen LogP contribution in [0.25, 0.3) is 10.4 Å². The third-order valence-corrected chi connectivity index (χ3v) is 3.79. The predicted octanol–water partition coefficient (Wildman–Crippen LogP) is 4.80. The van der Waals surface area contributed by atoms with Gasteiger partial charge in [0.1, 0.15) is 5.82 Å². The average Bonchev–Trinajstić information content (AvgIpc) is 2.80. The molecule has 1 aromatic carbocycles. The molecule has 0 saturated carbocycles. The second-order valence-corrected chi connectivity index (χ2v) is 5.09. The lowest BCUT2D eigenvalue weighted by Gasteiger charge is -2.00. The molecule has 0 aliphatic heterocycles. The number of benzene rings is 1. The summed E-state index contributed by atoms with van der Waals surface area (Å²) in [4.78, 5) is 12.9. The quantitative estimate of drug-likeness (QED) is 0.731. The summed E-state index contributed by atoms with van der Waals surface area (Å²) in [5.74, 6) is -0.254. The maximum Gasteiger partial charge on any atom is 0.172 e. The molecule has 0 bridgehead atoms. The van der Waals surface area contributed by atoms with Crippen molar-refractivity contribution in [2.24, 2.45) is 0 Å². The Hall–Kier alpha value is -1.19. The van der Waals surface area contributed by atoms with Crippen molar-refractivity contribution in [3.8, 4) is 10.4 Å². The summed E-state index contributed by atoms with van der Waals surface area (Å²) in [6, 6.07) is 7.89. The number of hydrogen-bond acceptors (Lipinski definition) is 2. The molecule has 0 atom stereocenters. The maximum absolute atomic E-state index is 13.6. The molecule has 88 valence electrons. The highest BCUT2D eigenvalue weighted by Gasteiger charge is 2.11. The largest absolute Gasteiger partial charge is 0.293 e. The van der Waals surface area contributed by atoms with Crippen LogP contribution < -0.4 is 0 Å². The van der Waals surface area contributed by atoms with Crippen molar-refractivity contribution in [1.29, 1.82) is 0 Å². The molecule has 2 rings (SSSR count). The van der Waals surface area contributed by atoms with E-state index in [0.29, 0.717) is 21.9 Å². The van der Waals surface area contributed by atoms with E-state index in [1.54, 1.807) is 18.2 Å². The lowest BCUT2D eigenvalue weighted by atomic mass is 10.2. The fraction of sp³-hybridized carbons (Fsp3) is 0.154. The fourth-order valence-corrected chi connectivity index (χ4v) is 2.70. The van der Waals surface area contributed by atoms with Crippen LogP contribution in [0.4, 0.5) is 4.39 Å². The van der Waals surface area contributed by atoms with Crippen molar-refractivity contribution >= 4 is 28.7 Å². The van der Waals surface area contributed by atoms with Crippen LogP contribution in [-0.2, 0) is 0 Å². The van der Waals surface area contributed by atoms with Gasteiger partial charge in [0, 0.05) is 21.9 Å². The van der Waals surface area contributed by atoms with Crippen LogP contribution in [0.3, 0.4) is 0 Å². The number of Topliss-reactive ketones (excluding diaryl/α,β-unsaturated/α-hetero) is 1. The second-order valence-electron chi connectivity index (χ2n) is 3.56. The molecule has 1 nitrogen and oxygen atoms in total. The number of rotatable bonds is 3. The molecule has 4 heteroatoms. The van der Waals surface area contributed by atoms with E-state index in [2.05, 4.69) is 0 Å². The number of halogens is 2. The van der Waals surface area contributed by atoms with E-state index in [1.807, 2.05) is 6.92 Å². The van der Waals surface area contributed by atoms with Gasteiger partial charge in [-0.1, -0.05) is 18.5 Å². The fourth-order valence-electron chi connectivity index (χ4n) is 1.49. The molecule has 17 heavy (non-hydrogen) atoms. The van der Waals surface area contributed by atoms with Crippen molar-refractivity contribution in [3.05, 3.63) is 46.0 Å². The summed E-state index contributed by atoms with van der Waals surface area (Å²) in [5.41, 5.74) is 0.442. The third kappa shape index (κ3) is 2.56. The van der Waals surface area contributed by atoms with Gasteiger partial charge in [-0.3, -0.25) is 4.79 Å². The average molecular weight is 269 g/mol.